The second-order valence-corrected chi connectivity index (χ2v) is 8.50. The molecule has 0 radical (unpaired) electrons. The molecule has 0 fully saturated rings. The Kier molecular flexibility index (Phi) is 7.06. The monoisotopic (exact) mass is 321 g/mol. The van der Waals surface area contributed by atoms with Gasteiger partial charge in [0.15, 0.2) is 0 Å². The molecule has 3 heteroatoms. The first-order valence-electron chi connectivity index (χ1n) is 8.74. The standard InChI is InChI=1S/C11H19NO.C9H16O/c1-9(13)12-7-5-10(6-8-12)11(2,3)4;1-9(2,3)8-4-6-10-7-5-8/h5H,6-8H2,1-4H3;4H,5-7H2,1-3H3. The number of ether oxygens (including phenoxy) is 1. The number of nitrogens with zero attached hydrogens (tertiary/aromatic N) is 1. The van der Waals surface area contributed by atoms with Crippen molar-refractivity contribution in [2.45, 2.75) is 61.3 Å². The summed E-state index contributed by atoms with van der Waals surface area (Å²) in [6.45, 7) is 18.5. The molecule has 0 unspecified atom stereocenters. The van der Waals surface area contributed by atoms with Gasteiger partial charge in [0.25, 0.3) is 0 Å². The van der Waals surface area contributed by atoms with Crippen LogP contribution in [-0.2, 0) is 9.53 Å². The van der Waals surface area contributed by atoms with Crippen LogP contribution in [0.15, 0.2) is 23.3 Å². The second kappa shape index (κ2) is 8.14. The lowest BCUT2D eigenvalue weighted by atomic mass is 9.83. The van der Waals surface area contributed by atoms with Crippen LogP contribution < -0.4 is 0 Å². The van der Waals surface area contributed by atoms with Gasteiger partial charge in [0.05, 0.1) is 13.2 Å². The highest BCUT2D eigenvalue weighted by atomic mass is 16.5. The van der Waals surface area contributed by atoms with E-state index < -0.39 is 0 Å². The summed E-state index contributed by atoms with van der Waals surface area (Å²) in [5.74, 6) is 0.184. The molecule has 0 aromatic rings. The van der Waals surface area contributed by atoms with Gasteiger partial charge in [-0.1, -0.05) is 64.8 Å². The molecule has 0 aromatic carbocycles. The summed E-state index contributed by atoms with van der Waals surface area (Å²) in [5.41, 5.74) is 3.64. The molecule has 2 aliphatic heterocycles. The first-order chi connectivity index (χ1) is 10.5. The lowest BCUT2D eigenvalue weighted by molar-refractivity contribution is -0.128. The fourth-order valence-corrected chi connectivity index (χ4v) is 2.84. The minimum Gasteiger partial charge on any atom is -0.377 e. The minimum absolute atomic E-state index is 0.184. The van der Waals surface area contributed by atoms with E-state index in [1.54, 1.807) is 12.5 Å². The highest BCUT2D eigenvalue weighted by Gasteiger charge is 2.21. The van der Waals surface area contributed by atoms with E-state index in [4.69, 9.17) is 4.74 Å². The van der Waals surface area contributed by atoms with Crippen LogP contribution in [0.4, 0.5) is 0 Å². The third kappa shape index (κ3) is 6.90. The van der Waals surface area contributed by atoms with Crippen LogP contribution in [0, 0.1) is 10.8 Å². The van der Waals surface area contributed by atoms with Crippen molar-refractivity contribution in [3.8, 4) is 0 Å². The molecule has 0 saturated carbocycles. The number of carbonyl (C=O) groups is 1. The van der Waals surface area contributed by atoms with Crippen molar-refractivity contribution in [2.24, 2.45) is 10.8 Å². The largest absolute Gasteiger partial charge is 0.377 e. The first-order valence-corrected chi connectivity index (χ1v) is 8.74. The molecule has 0 aliphatic carbocycles. The molecule has 0 saturated heterocycles. The van der Waals surface area contributed by atoms with Crippen molar-refractivity contribution in [3.05, 3.63) is 23.3 Å². The van der Waals surface area contributed by atoms with Gasteiger partial charge in [0.1, 0.15) is 0 Å². The molecule has 23 heavy (non-hydrogen) atoms. The zero-order valence-corrected chi connectivity index (χ0v) is 16.2. The Balaban J connectivity index is 0.000000238. The van der Waals surface area contributed by atoms with Crippen LogP contribution in [0.2, 0.25) is 0 Å². The molecule has 2 rings (SSSR count). The molecule has 3 nitrogen and oxygen atoms in total. The number of amides is 1. The predicted octanol–water partition coefficient (Wildman–Crippen LogP) is 4.59. The molecular formula is C20H35NO2. The quantitative estimate of drug-likeness (QED) is 0.611. The third-order valence-electron chi connectivity index (χ3n) is 4.54. The molecule has 1 amide bonds. The fraction of sp³-hybridized carbons (Fsp3) is 0.750. The van der Waals surface area contributed by atoms with Crippen LogP contribution in [0.5, 0.6) is 0 Å². The van der Waals surface area contributed by atoms with Crippen molar-refractivity contribution >= 4 is 5.91 Å². The normalized spacial score (nSPS) is 19.3. The Labute approximate surface area is 142 Å². The van der Waals surface area contributed by atoms with Crippen molar-refractivity contribution in [3.63, 3.8) is 0 Å². The topological polar surface area (TPSA) is 29.5 Å². The summed E-state index contributed by atoms with van der Waals surface area (Å²) < 4.78 is 5.22. The summed E-state index contributed by atoms with van der Waals surface area (Å²) in [4.78, 5) is 12.9. The summed E-state index contributed by atoms with van der Waals surface area (Å²) in [6.07, 6.45) is 6.56. The van der Waals surface area contributed by atoms with Gasteiger partial charge in [-0.25, -0.2) is 0 Å². The lowest BCUT2D eigenvalue weighted by Crippen LogP contribution is -2.34. The van der Waals surface area contributed by atoms with E-state index in [0.717, 1.165) is 39.1 Å². The highest BCUT2D eigenvalue weighted by molar-refractivity contribution is 5.73. The third-order valence-corrected chi connectivity index (χ3v) is 4.54. The molecule has 0 N–H and O–H groups in total. The lowest BCUT2D eigenvalue weighted by Gasteiger charge is -2.31. The van der Waals surface area contributed by atoms with Gasteiger partial charge in [0, 0.05) is 20.0 Å². The van der Waals surface area contributed by atoms with E-state index >= 15 is 0 Å². The first kappa shape index (κ1) is 20.0. The van der Waals surface area contributed by atoms with Crippen molar-refractivity contribution in [2.75, 3.05) is 26.3 Å². The van der Waals surface area contributed by atoms with Crippen molar-refractivity contribution < 1.29 is 9.53 Å². The van der Waals surface area contributed by atoms with Gasteiger partial charge in [0.2, 0.25) is 5.91 Å². The van der Waals surface area contributed by atoms with Gasteiger partial charge in [-0.05, 0) is 23.7 Å². The maximum atomic E-state index is 11.1. The van der Waals surface area contributed by atoms with Crippen molar-refractivity contribution in [1.29, 1.82) is 0 Å². The number of rotatable bonds is 0. The summed E-state index contributed by atoms with van der Waals surface area (Å²) in [6, 6.07) is 0. The number of hydrogen-bond donors (Lipinski definition) is 0. The molecule has 0 spiro atoms. The van der Waals surface area contributed by atoms with E-state index in [0.29, 0.717) is 5.41 Å². The second-order valence-electron chi connectivity index (χ2n) is 8.50. The SMILES string of the molecule is CC(=O)N1CC=C(C(C)(C)C)CC1.CC(C)(C)C1=CCOCC1. The van der Waals surface area contributed by atoms with Crippen LogP contribution in [0.3, 0.4) is 0 Å². The molecule has 0 bridgehead atoms. The summed E-state index contributed by atoms with van der Waals surface area (Å²) in [7, 11) is 0. The van der Waals surface area contributed by atoms with E-state index in [-0.39, 0.29) is 11.3 Å². The highest BCUT2D eigenvalue weighted by Crippen LogP contribution is 2.30. The molecular weight excluding hydrogens is 286 g/mol. The Bertz CT molecular complexity index is 461. The molecule has 2 heterocycles. The van der Waals surface area contributed by atoms with E-state index in [9.17, 15) is 4.79 Å². The zero-order chi connectivity index (χ0) is 17.7. The number of hydrogen-bond acceptors (Lipinski definition) is 2. The van der Waals surface area contributed by atoms with Gasteiger partial charge >= 0.3 is 0 Å². The Morgan fingerprint density at radius 2 is 1.57 bits per heavy atom. The predicted molar refractivity (Wildman–Crippen MR) is 97.4 cm³/mol. The average molecular weight is 322 g/mol. The smallest absolute Gasteiger partial charge is 0.219 e. The maximum Gasteiger partial charge on any atom is 0.219 e. The Hall–Kier alpha value is -1.09. The van der Waals surface area contributed by atoms with Crippen LogP contribution >= 0.6 is 0 Å². The summed E-state index contributed by atoms with van der Waals surface area (Å²) in [5, 5.41) is 0. The minimum atomic E-state index is 0.184. The van der Waals surface area contributed by atoms with Crippen molar-refractivity contribution in [1.82, 2.24) is 4.90 Å². The molecule has 0 atom stereocenters. The summed E-state index contributed by atoms with van der Waals surface area (Å²) >= 11 is 0. The average Bonchev–Trinajstić information content (AvgIpc) is 2.47. The molecule has 132 valence electrons. The van der Waals surface area contributed by atoms with Crippen LogP contribution in [0.25, 0.3) is 0 Å². The Morgan fingerprint density at radius 1 is 1.00 bits per heavy atom. The van der Waals surface area contributed by atoms with Gasteiger partial charge < -0.3 is 9.64 Å². The Morgan fingerprint density at radius 3 is 1.87 bits per heavy atom. The maximum absolute atomic E-state index is 11.1. The number of carbonyl (C=O) groups excluding carboxylic acids is 1. The zero-order valence-electron chi connectivity index (χ0n) is 16.2. The van der Waals surface area contributed by atoms with Gasteiger partial charge in [-0.2, -0.15) is 0 Å². The van der Waals surface area contributed by atoms with Gasteiger partial charge in [-0.3, -0.25) is 4.79 Å². The van der Waals surface area contributed by atoms with E-state index in [1.807, 2.05) is 4.90 Å². The van der Waals surface area contributed by atoms with Crippen LogP contribution in [-0.4, -0.2) is 37.1 Å². The molecule has 2 aliphatic rings. The molecule has 0 aromatic heterocycles. The van der Waals surface area contributed by atoms with Gasteiger partial charge in [-0.15, -0.1) is 0 Å². The fourth-order valence-electron chi connectivity index (χ4n) is 2.84. The van der Waals surface area contributed by atoms with E-state index in [1.165, 1.54) is 5.57 Å². The van der Waals surface area contributed by atoms with E-state index in [2.05, 4.69) is 53.7 Å². The van der Waals surface area contributed by atoms with Crippen LogP contribution in [0.1, 0.15) is 61.3 Å².